The normalized spacial score (nSPS) is 17.5. The smallest absolute Gasteiger partial charge is 0.137 e. The number of aryl methyl sites for hydroxylation is 2. The predicted molar refractivity (Wildman–Crippen MR) is 74.7 cm³/mol. The molecule has 0 N–H and O–H groups in total. The molecule has 1 aliphatic carbocycles. The van der Waals surface area contributed by atoms with E-state index in [1.807, 2.05) is 0 Å². The van der Waals surface area contributed by atoms with Crippen molar-refractivity contribution in [3.63, 3.8) is 0 Å². The van der Waals surface area contributed by atoms with Crippen LogP contribution < -0.4 is 0 Å². The van der Waals surface area contributed by atoms with Gasteiger partial charge in [0.25, 0.3) is 0 Å². The molecular weight excluding hydrogens is 276 g/mol. The van der Waals surface area contributed by atoms with Gasteiger partial charge in [-0.15, -0.1) is 0 Å². The summed E-state index contributed by atoms with van der Waals surface area (Å²) in [6.07, 6.45) is 5.02. The Kier molecular flexibility index (Phi) is 2.99. The summed E-state index contributed by atoms with van der Waals surface area (Å²) in [5.74, 6) is 2.04. The maximum atomic E-state index is 5.93. The Hall–Kier alpha value is -0.760. The standard InChI is InChI=1S/C15H17BrO/c1-10-3-2-4-12-9-13(17-15(10)12)7-8-14(16)11-5-6-11/h2-4,9,11,14H,5-8H2,1H3. The maximum absolute atomic E-state index is 5.93. The molecule has 0 bridgehead atoms. The SMILES string of the molecule is Cc1cccc2cc(CCC(Br)C3CC3)oc12. The number of alkyl halides is 1. The number of halogens is 1. The van der Waals surface area contributed by atoms with Crippen molar-refractivity contribution in [3.8, 4) is 0 Å². The van der Waals surface area contributed by atoms with Crippen molar-refractivity contribution in [2.45, 2.75) is 37.4 Å². The lowest BCUT2D eigenvalue weighted by molar-refractivity contribution is 0.529. The highest BCUT2D eigenvalue weighted by atomic mass is 79.9. The van der Waals surface area contributed by atoms with Crippen LogP contribution in [-0.4, -0.2) is 4.83 Å². The Labute approximate surface area is 110 Å². The number of fused-ring (bicyclic) bond motifs is 1. The summed E-state index contributed by atoms with van der Waals surface area (Å²) in [6, 6.07) is 8.51. The molecule has 3 rings (SSSR count). The highest BCUT2D eigenvalue weighted by Crippen LogP contribution is 2.38. The molecule has 1 heterocycles. The maximum Gasteiger partial charge on any atom is 0.137 e. The average molecular weight is 293 g/mol. The molecule has 1 aromatic heterocycles. The van der Waals surface area contributed by atoms with Gasteiger partial charge in [0, 0.05) is 16.6 Å². The van der Waals surface area contributed by atoms with Crippen LogP contribution in [0.1, 0.15) is 30.6 Å². The summed E-state index contributed by atoms with van der Waals surface area (Å²) in [5.41, 5.74) is 2.28. The first-order valence-electron chi connectivity index (χ1n) is 6.36. The van der Waals surface area contributed by atoms with Crippen LogP contribution >= 0.6 is 15.9 Å². The lowest BCUT2D eigenvalue weighted by Gasteiger charge is -2.05. The number of benzene rings is 1. The van der Waals surface area contributed by atoms with Gasteiger partial charge in [0.2, 0.25) is 0 Å². The third-order valence-corrected chi connectivity index (χ3v) is 4.80. The average Bonchev–Trinajstić information content (AvgIpc) is 3.07. The highest BCUT2D eigenvalue weighted by molar-refractivity contribution is 9.09. The van der Waals surface area contributed by atoms with E-state index >= 15 is 0 Å². The second-order valence-corrected chi connectivity index (χ2v) is 6.27. The topological polar surface area (TPSA) is 13.1 Å². The van der Waals surface area contributed by atoms with Crippen molar-refractivity contribution in [3.05, 3.63) is 35.6 Å². The van der Waals surface area contributed by atoms with Gasteiger partial charge in [0.1, 0.15) is 11.3 Å². The molecule has 1 atom stereocenters. The molecule has 0 radical (unpaired) electrons. The fourth-order valence-corrected chi connectivity index (χ4v) is 3.12. The van der Waals surface area contributed by atoms with Crippen molar-refractivity contribution in [1.82, 2.24) is 0 Å². The van der Waals surface area contributed by atoms with Gasteiger partial charge in [0.05, 0.1) is 0 Å². The number of hydrogen-bond acceptors (Lipinski definition) is 1. The van der Waals surface area contributed by atoms with Crippen molar-refractivity contribution < 1.29 is 4.42 Å². The third kappa shape index (κ3) is 2.42. The van der Waals surface area contributed by atoms with E-state index in [-0.39, 0.29) is 0 Å². The van der Waals surface area contributed by atoms with Crippen molar-refractivity contribution in [2.75, 3.05) is 0 Å². The van der Waals surface area contributed by atoms with Crippen LogP contribution in [0.5, 0.6) is 0 Å². The monoisotopic (exact) mass is 292 g/mol. The first-order valence-corrected chi connectivity index (χ1v) is 7.28. The number of furan rings is 1. The van der Waals surface area contributed by atoms with Crippen LogP contribution in [0.15, 0.2) is 28.7 Å². The second kappa shape index (κ2) is 4.49. The van der Waals surface area contributed by atoms with Crippen LogP contribution in [0.25, 0.3) is 11.0 Å². The molecule has 1 aliphatic rings. The molecule has 0 amide bonds. The minimum Gasteiger partial charge on any atom is -0.461 e. The number of rotatable bonds is 4. The molecule has 1 aromatic carbocycles. The molecule has 1 nitrogen and oxygen atoms in total. The number of para-hydroxylation sites is 1. The van der Waals surface area contributed by atoms with E-state index in [4.69, 9.17) is 4.42 Å². The molecule has 0 aliphatic heterocycles. The minimum atomic E-state index is 0.678. The summed E-state index contributed by atoms with van der Waals surface area (Å²) in [4.78, 5) is 0.678. The van der Waals surface area contributed by atoms with Crippen LogP contribution in [0, 0.1) is 12.8 Å². The van der Waals surface area contributed by atoms with Crippen LogP contribution in [0.2, 0.25) is 0 Å². The van der Waals surface area contributed by atoms with Crippen LogP contribution in [0.3, 0.4) is 0 Å². The van der Waals surface area contributed by atoms with Gasteiger partial charge in [0.15, 0.2) is 0 Å². The fourth-order valence-electron chi connectivity index (χ4n) is 2.36. The quantitative estimate of drug-likeness (QED) is 0.735. The second-order valence-electron chi connectivity index (χ2n) is 5.10. The molecule has 1 saturated carbocycles. The summed E-state index contributed by atoms with van der Waals surface area (Å²) < 4.78 is 5.93. The lowest BCUT2D eigenvalue weighted by atomic mass is 10.1. The largest absolute Gasteiger partial charge is 0.461 e. The van der Waals surface area contributed by atoms with Gasteiger partial charge in [-0.1, -0.05) is 34.1 Å². The van der Waals surface area contributed by atoms with E-state index in [0.29, 0.717) is 4.83 Å². The zero-order chi connectivity index (χ0) is 11.8. The third-order valence-electron chi connectivity index (χ3n) is 3.59. The molecular formula is C15H17BrO. The Balaban J connectivity index is 1.74. The fraction of sp³-hybridized carbons (Fsp3) is 0.467. The minimum absolute atomic E-state index is 0.678. The first-order chi connectivity index (χ1) is 8.24. The Morgan fingerprint density at radius 2 is 2.24 bits per heavy atom. The Morgan fingerprint density at radius 3 is 2.94 bits per heavy atom. The van der Waals surface area contributed by atoms with E-state index in [1.165, 1.54) is 30.2 Å². The van der Waals surface area contributed by atoms with E-state index in [9.17, 15) is 0 Å². The molecule has 2 heteroatoms. The Morgan fingerprint density at radius 1 is 1.41 bits per heavy atom. The summed E-state index contributed by atoms with van der Waals surface area (Å²) in [6.45, 7) is 2.10. The summed E-state index contributed by atoms with van der Waals surface area (Å²) in [7, 11) is 0. The Bertz CT molecular complexity index is 525. The van der Waals surface area contributed by atoms with Crippen molar-refractivity contribution in [1.29, 1.82) is 0 Å². The van der Waals surface area contributed by atoms with Gasteiger partial charge in [-0.3, -0.25) is 0 Å². The molecule has 1 unspecified atom stereocenters. The van der Waals surface area contributed by atoms with Gasteiger partial charge >= 0.3 is 0 Å². The molecule has 0 saturated heterocycles. The van der Waals surface area contributed by atoms with Gasteiger partial charge in [-0.25, -0.2) is 0 Å². The summed E-state index contributed by atoms with van der Waals surface area (Å²) >= 11 is 3.78. The molecule has 2 aromatic rings. The zero-order valence-corrected chi connectivity index (χ0v) is 11.7. The van der Waals surface area contributed by atoms with Gasteiger partial charge < -0.3 is 4.42 Å². The number of hydrogen-bond donors (Lipinski definition) is 0. The van der Waals surface area contributed by atoms with Crippen LogP contribution in [0.4, 0.5) is 0 Å². The van der Waals surface area contributed by atoms with Gasteiger partial charge in [-0.05, 0) is 43.7 Å². The van der Waals surface area contributed by atoms with E-state index in [1.54, 1.807) is 0 Å². The molecule has 1 fully saturated rings. The summed E-state index contributed by atoms with van der Waals surface area (Å²) in [5, 5.41) is 1.23. The van der Waals surface area contributed by atoms with Crippen LogP contribution in [-0.2, 0) is 6.42 Å². The van der Waals surface area contributed by atoms with Gasteiger partial charge in [-0.2, -0.15) is 0 Å². The van der Waals surface area contributed by atoms with E-state index < -0.39 is 0 Å². The first kappa shape index (κ1) is 11.3. The van der Waals surface area contributed by atoms with E-state index in [2.05, 4.69) is 47.1 Å². The molecule has 17 heavy (non-hydrogen) atoms. The molecule has 0 spiro atoms. The highest BCUT2D eigenvalue weighted by Gasteiger charge is 2.28. The zero-order valence-electron chi connectivity index (χ0n) is 10.1. The molecule has 90 valence electrons. The predicted octanol–water partition coefficient (Wildman–Crippen LogP) is 4.85. The van der Waals surface area contributed by atoms with E-state index in [0.717, 1.165) is 23.7 Å². The van der Waals surface area contributed by atoms with Crippen molar-refractivity contribution >= 4 is 26.9 Å². The lowest BCUT2D eigenvalue weighted by Crippen LogP contribution is -2.01. The van der Waals surface area contributed by atoms with Crippen molar-refractivity contribution in [2.24, 2.45) is 5.92 Å².